The number of hydrogen-bond donors (Lipinski definition) is 1. The summed E-state index contributed by atoms with van der Waals surface area (Å²) >= 11 is 1.15. The van der Waals surface area contributed by atoms with Gasteiger partial charge in [-0.25, -0.2) is 9.18 Å². The first-order chi connectivity index (χ1) is 8.29. The number of esters is 1. The van der Waals surface area contributed by atoms with Crippen LogP contribution in [0.2, 0.25) is 0 Å². The Labute approximate surface area is 108 Å². The van der Waals surface area contributed by atoms with Crippen LogP contribution in [0.1, 0.15) is 30.4 Å². The fraction of sp³-hybridized carbons (Fsp3) is 0.308. The van der Waals surface area contributed by atoms with Crippen molar-refractivity contribution < 1.29 is 13.9 Å². The predicted octanol–water partition coefficient (Wildman–Crippen LogP) is 3.58. The van der Waals surface area contributed by atoms with Gasteiger partial charge in [-0.2, -0.15) is 0 Å². The molecule has 3 nitrogen and oxygen atoms in total. The zero-order valence-corrected chi connectivity index (χ0v) is 11.2. The summed E-state index contributed by atoms with van der Waals surface area (Å²) in [5.41, 5.74) is 5.39. The van der Waals surface area contributed by atoms with Crippen molar-refractivity contribution in [3.05, 3.63) is 28.9 Å². The van der Waals surface area contributed by atoms with E-state index in [0.29, 0.717) is 10.1 Å². The Morgan fingerprint density at radius 1 is 1.39 bits per heavy atom. The molecule has 18 heavy (non-hydrogen) atoms. The molecule has 0 bridgehead atoms. The Hall–Kier alpha value is -1.62. The summed E-state index contributed by atoms with van der Waals surface area (Å²) in [6, 6.07) is 4.64. The van der Waals surface area contributed by atoms with Crippen LogP contribution in [0.5, 0.6) is 0 Å². The summed E-state index contributed by atoms with van der Waals surface area (Å²) in [4.78, 5) is 12.2. The Morgan fingerprint density at radius 3 is 2.61 bits per heavy atom. The second kappa shape index (κ2) is 4.24. The maximum Gasteiger partial charge on any atom is 0.351 e. The van der Waals surface area contributed by atoms with Crippen LogP contribution in [0.25, 0.3) is 10.1 Å². The van der Waals surface area contributed by atoms with Crippen LogP contribution < -0.4 is 5.73 Å². The number of rotatable bonds is 1. The lowest BCUT2D eigenvalue weighted by molar-refractivity contribution is 0.00765. The number of hydrogen-bond acceptors (Lipinski definition) is 4. The van der Waals surface area contributed by atoms with Crippen LogP contribution in [0, 0.1) is 5.82 Å². The van der Waals surface area contributed by atoms with Gasteiger partial charge in [0.2, 0.25) is 0 Å². The fourth-order valence-corrected chi connectivity index (χ4v) is 2.62. The van der Waals surface area contributed by atoms with Crippen molar-refractivity contribution in [1.82, 2.24) is 0 Å². The first-order valence-electron chi connectivity index (χ1n) is 5.49. The predicted molar refractivity (Wildman–Crippen MR) is 71.4 cm³/mol. The largest absolute Gasteiger partial charge is 0.456 e. The first-order valence-corrected chi connectivity index (χ1v) is 6.31. The number of carbonyl (C=O) groups is 1. The van der Waals surface area contributed by atoms with Crippen LogP contribution in [0.3, 0.4) is 0 Å². The number of benzene rings is 1. The van der Waals surface area contributed by atoms with Crippen LogP contribution >= 0.6 is 11.3 Å². The lowest BCUT2D eigenvalue weighted by Gasteiger charge is -2.18. The molecule has 0 saturated carbocycles. The number of halogens is 1. The molecule has 5 heteroatoms. The van der Waals surface area contributed by atoms with Gasteiger partial charge in [-0.3, -0.25) is 0 Å². The summed E-state index contributed by atoms with van der Waals surface area (Å²) in [7, 11) is 0. The summed E-state index contributed by atoms with van der Waals surface area (Å²) in [6.07, 6.45) is 0. The van der Waals surface area contributed by atoms with Crippen LogP contribution in [-0.4, -0.2) is 11.6 Å². The van der Waals surface area contributed by atoms with Gasteiger partial charge in [0.1, 0.15) is 16.3 Å². The minimum Gasteiger partial charge on any atom is -0.456 e. The molecular formula is C13H14FNO2S. The van der Waals surface area contributed by atoms with Crippen molar-refractivity contribution in [2.45, 2.75) is 26.4 Å². The smallest absolute Gasteiger partial charge is 0.351 e. The van der Waals surface area contributed by atoms with Crippen LogP contribution in [-0.2, 0) is 4.74 Å². The van der Waals surface area contributed by atoms with E-state index in [1.54, 1.807) is 32.9 Å². The first kappa shape index (κ1) is 12.8. The van der Waals surface area contributed by atoms with E-state index < -0.39 is 17.4 Å². The van der Waals surface area contributed by atoms with Crippen molar-refractivity contribution in [1.29, 1.82) is 0 Å². The Kier molecular flexibility index (Phi) is 3.02. The average Bonchev–Trinajstić information content (AvgIpc) is 2.55. The SMILES string of the molecule is CC(C)(C)OC(=O)c1sc2cccc(F)c2c1N. The van der Waals surface area contributed by atoms with Gasteiger partial charge in [0, 0.05) is 4.70 Å². The molecule has 0 atom stereocenters. The molecule has 2 aromatic rings. The number of carbonyl (C=O) groups excluding carboxylic acids is 1. The standard InChI is InChI=1S/C13H14FNO2S/c1-13(2,3)17-12(16)11-10(15)9-7(14)5-4-6-8(9)18-11/h4-6H,15H2,1-3H3. The molecule has 1 heterocycles. The number of anilines is 1. The Bertz CT molecular complexity index is 613. The van der Waals surface area contributed by atoms with Gasteiger partial charge in [0.05, 0.1) is 11.1 Å². The highest BCUT2D eigenvalue weighted by Crippen LogP contribution is 2.36. The number of nitrogen functional groups attached to an aromatic ring is 1. The lowest BCUT2D eigenvalue weighted by atomic mass is 10.2. The molecule has 0 unspecified atom stereocenters. The Morgan fingerprint density at radius 2 is 2.06 bits per heavy atom. The van der Waals surface area contributed by atoms with E-state index in [1.807, 2.05) is 0 Å². The molecule has 2 rings (SSSR count). The number of thiophene rings is 1. The van der Waals surface area contributed by atoms with E-state index >= 15 is 0 Å². The summed E-state index contributed by atoms with van der Waals surface area (Å²) < 4.78 is 19.5. The summed E-state index contributed by atoms with van der Waals surface area (Å²) in [5, 5.41) is 0.295. The van der Waals surface area contributed by atoms with Crippen molar-refractivity contribution in [3.8, 4) is 0 Å². The molecule has 0 radical (unpaired) electrons. The molecule has 0 aliphatic carbocycles. The fourth-order valence-electron chi connectivity index (χ4n) is 1.61. The highest BCUT2D eigenvalue weighted by Gasteiger charge is 2.24. The monoisotopic (exact) mass is 267 g/mol. The highest BCUT2D eigenvalue weighted by atomic mass is 32.1. The maximum absolute atomic E-state index is 13.6. The van der Waals surface area contributed by atoms with Gasteiger partial charge in [-0.15, -0.1) is 11.3 Å². The minimum absolute atomic E-state index is 0.155. The summed E-state index contributed by atoms with van der Waals surface area (Å²) in [5.74, 6) is -0.934. The van der Waals surface area contributed by atoms with Gasteiger partial charge < -0.3 is 10.5 Å². The minimum atomic E-state index is -0.599. The van der Waals surface area contributed by atoms with E-state index in [0.717, 1.165) is 11.3 Å². The highest BCUT2D eigenvalue weighted by molar-refractivity contribution is 7.21. The zero-order valence-electron chi connectivity index (χ0n) is 10.4. The maximum atomic E-state index is 13.6. The van der Waals surface area contributed by atoms with E-state index in [2.05, 4.69) is 0 Å². The molecule has 0 aliphatic rings. The van der Waals surface area contributed by atoms with Crippen molar-refractivity contribution in [3.63, 3.8) is 0 Å². The van der Waals surface area contributed by atoms with Gasteiger partial charge in [0.25, 0.3) is 0 Å². The van der Waals surface area contributed by atoms with Crippen molar-refractivity contribution in [2.75, 3.05) is 5.73 Å². The third kappa shape index (κ3) is 2.31. The normalized spacial score (nSPS) is 11.8. The molecule has 96 valence electrons. The average molecular weight is 267 g/mol. The molecular weight excluding hydrogens is 253 g/mol. The molecule has 0 spiro atoms. The number of ether oxygens (including phenoxy) is 1. The number of nitrogens with two attached hydrogens (primary N) is 1. The van der Waals surface area contributed by atoms with E-state index in [9.17, 15) is 9.18 Å². The third-order valence-electron chi connectivity index (χ3n) is 2.29. The zero-order chi connectivity index (χ0) is 13.5. The number of fused-ring (bicyclic) bond motifs is 1. The van der Waals surface area contributed by atoms with Gasteiger partial charge in [-0.05, 0) is 32.9 Å². The van der Waals surface area contributed by atoms with Crippen LogP contribution in [0.15, 0.2) is 18.2 Å². The van der Waals surface area contributed by atoms with Gasteiger partial charge >= 0.3 is 5.97 Å². The molecule has 0 aliphatic heterocycles. The molecule has 0 amide bonds. The van der Waals surface area contributed by atoms with E-state index in [-0.39, 0.29) is 10.6 Å². The van der Waals surface area contributed by atoms with Crippen molar-refractivity contribution >= 4 is 33.1 Å². The molecule has 0 fully saturated rings. The van der Waals surface area contributed by atoms with Crippen molar-refractivity contribution in [2.24, 2.45) is 0 Å². The van der Waals surface area contributed by atoms with E-state index in [4.69, 9.17) is 10.5 Å². The lowest BCUT2D eigenvalue weighted by Crippen LogP contribution is -2.23. The third-order valence-corrected chi connectivity index (χ3v) is 3.44. The molecule has 2 N–H and O–H groups in total. The van der Waals surface area contributed by atoms with Gasteiger partial charge in [-0.1, -0.05) is 6.07 Å². The van der Waals surface area contributed by atoms with Gasteiger partial charge in [0.15, 0.2) is 0 Å². The second-order valence-electron chi connectivity index (χ2n) is 4.96. The quantitative estimate of drug-likeness (QED) is 0.803. The topological polar surface area (TPSA) is 52.3 Å². The second-order valence-corrected chi connectivity index (χ2v) is 6.01. The molecule has 1 aromatic carbocycles. The van der Waals surface area contributed by atoms with E-state index in [1.165, 1.54) is 6.07 Å². The molecule has 0 saturated heterocycles. The van der Waals surface area contributed by atoms with Crippen LogP contribution in [0.4, 0.5) is 10.1 Å². The molecule has 1 aromatic heterocycles. The summed E-state index contributed by atoms with van der Waals surface area (Å²) in [6.45, 7) is 5.32. The Balaban J connectivity index is 2.50.